The van der Waals surface area contributed by atoms with Crippen molar-refractivity contribution in [1.82, 2.24) is 10.6 Å². The minimum Gasteiger partial charge on any atom is -0.726 e. The summed E-state index contributed by atoms with van der Waals surface area (Å²) in [5, 5.41) is 26.6. The number of ether oxygens (including phenoxy) is 1. The Morgan fingerprint density at radius 1 is 1.46 bits per heavy atom. The normalized spacial score (nSPS) is 35.0. The first kappa shape index (κ1) is 18.4. The first-order valence-corrected chi connectivity index (χ1v) is 8.51. The average Bonchev–Trinajstić information content (AvgIpc) is 2.93. The molecule has 4 atom stereocenters. The van der Waals surface area contributed by atoms with Crippen molar-refractivity contribution in [2.45, 2.75) is 29.6 Å². The maximum Gasteiger partial charge on any atom is 0.404 e. The van der Waals surface area contributed by atoms with Crippen LogP contribution in [-0.2, 0) is 19.3 Å². The lowest BCUT2D eigenvalue weighted by atomic mass is 9.86. The van der Waals surface area contributed by atoms with Crippen LogP contribution in [0, 0.1) is 0 Å². The summed E-state index contributed by atoms with van der Waals surface area (Å²) < 4.78 is 42.9. The molecule has 0 aliphatic carbocycles. The largest absolute Gasteiger partial charge is 0.726 e. The summed E-state index contributed by atoms with van der Waals surface area (Å²) in [5.41, 5.74) is 14.5. The maximum absolute atomic E-state index is 10.9. The van der Waals surface area contributed by atoms with Crippen LogP contribution >= 0.6 is 0 Å². The molecule has 146 valence electrons. The Morgan fingerprint density at radius 3 is 2.69 bits per heavy atom. The molecule has 3 heterocycles. The van der Waals surface area contributed by atoms with Gasteiger partial charge in [0.25, 0.3) is 5.79 Å². The predicted molar refractivity (Wildman–Crippen MR) is 79.8 cm³/mol. The van der Waals surface area contributed by atoms with E-state index in [1.165, 1.54) is 0 Å². The van der Waals surface area contributed by atoms with E-state index < -0.39 is 52.7 Å². The fraction of sp³-hybridized carbons (Fsp3) is 0.700. The number of rotatable bonds is 4. The molecule has 3 rings (SSSR count). The molecule has 3 aliphatic rings. The molecule has 1 amide bonds. The Morgan fingerprint density at radius 2 is 2.12 bits per heavy atom. The smallest absolute Gasteiger partial charge is 0.404 e. The van der Waals surface area contributed by atoms with Crippen molar-refractivity contribution in [3.8, 4) is 0 Å². The predicted octanol–water partition coefficient (Wildman–Crippen LogP) is -6.10. The zero-order chi connectivity index (χ0) is 19.5. The van der Waals surface area contributed by atoms with Gasteiger partial charge in [0, 0.05) is 0 Å². The highest BCUT2D eigenvalue weighted by Crippen LogP contribution is 2.42. The molecule has 0 aromatic rings. The van der Waals surface area contributed by atoms with Crippen molar-refractivity contribution in [1.29, 1.82) is 0 Å². The van der Waals surface area contributed by atoms with Crippen LogP contribution in [-0.4, -0.2) is 88.6 Å². The summed E-state index contributed by atoms with van der Waals surface area (Å²) >= 11 is 0. The van der Waals surface area contributed by atoms with Gasteiger partial charge in [-0.2, -0.15) is 0 Å². The zero-order valence-corrected chi connectivity index (χ0v) is 13.8. The Hall–Kier alpha value is -2.40. The van der Waals surface area contributed by atoms with Crippen LogP contribution < -0.4 is 27.8 Å². The van der Waals surface area contributed by atoms with Gasteiger partial charge in [-0.1, -0.05) is 0 Å². The molecule has 0 aromatic heterocycles. The quantitative estimate of drug-likeness (QED) is 0.102. The van der Waals surface area contributed by atoms with Crippen LogP contribution in [0.3, 0.4) is 0 Å². The van der Waals surface area contributed by atoms with Gasteiger partial charge in [-0.05, 0) is 0 Å². The van der Waals surface area contributed by atoms with Crippen LogP contribution in [0.4, 0.5) is 4.79 Å². The molecule has 1 fully saturated rings. The monoisotopic (exact) mass is 395 g/mol. The lowest BCUT2D eigenvalue weighted by Gasteiger charge is -2.43. The highest BCUT2D eigenvalue weighted by molar-refractivity contribution is 7.80. The van der Waals surface area contributed by atoms with Crippen molar-refractivity contribution in [2.75, 3.05) is 13.2 Å². The topological polar surface area (TPSA) is 251 Å². The third-order valence-corrected chi connectivity index (χ3v) is 4.92. The second-order valence-corrected chi connectivity index (χ2v) is 6.96. The molecule has 1 saturated heterocycles. The number of carbonyl (C=O) groups excluding carboxylic acids is 1. The number of hydrogen-bond donors (Lipinski definition) is 7. The minimum atomic E-state index is -5.27. The molecule has 15 nitrogen and oxygen atoms in total. The van der Waals surface area contributed by atoms with Gasteiger partial charge in [0.1, 0.15) is 19.2 Å². The molecule has 3 aliphatic heterocycles. The van der Waals surface area contributed by atoms with Gasteiger partial charge < -0.3 is 36.3 Å². The van der Waals surface area contributed by atoms with Gasteiger partial charge in [-0.3, -0.25) is 15.2 Å². The van der Waals surface area contributed by atoms with Crippen molar-refractivity contribution in [3.63, 3.8) is 0 Å². The molecule has 10 N–H and O–H groups in total. The molecule has 26 heavy (non-hydrogen) atoms. The van der Waals surface area contributed by atoms with Crippen LogP contribution in [0.25, 0.3) is 0 Å². The summed E-state index contributed by atoms with van der Waals surface area (Å²) in [7, 11) is -5.27. The molecular weight excluding hydrogens is 378 g/mol. The highest BCUT2D eigenvalue weighted by Gasteiger charge is 2.75. The molecule has 0 bridgehead atoms. The second kappa shape index (κ2) is 5.55. The number of aliphatic imine (C=N–C) groups is 1. The number of carbonyl (C=O) groups is 1. The number of amides is 1. The number of nitrogens with two attached hydrogens (primary N) is 3. The van der Waals surface area contributed by atoms with Crippen molar-refractivity contribution in [2.24, 2.45) is 22.2 Å². The van der Waals surface area contributed by atoms with Gasteiger partial charge in [-0.25, -0.2) is 22.8 Å². The van der Waals surface area contributed by atoms with Crippen LogP contribution in [0.15, 0.2) is 4.99 Å². The Kier molecular flexibility index (Phi) is 3.92. The van der Waals surface area contributed by atoms with Gasteiger partial charge in [0.2, 0.25) is 16.1 Å². The number of primary amides is 1. The van der Waals surface area contributed by atoms with Gasteiger partial charge in [0.15, 0.2) is 18.1 Å². The highest BCUT2D eigenvalue weighted by atomic mass is 32.3. The summed E-state index contributed by atoms with van der Waals surface area (Å²) in [5.74, 6) is -3.35. The molecule has 1 spiro atoms. The average molecular weight is 395 g/mol. The number of hydrogen-bond acceptors (Lipinski definition) is 13. The van der Waals surface area contributed by atoms with E-state index in [4.69, 9.17) is 21.9 Å². The maximum atomic E-state index is 10.9. The Balaban J connectivity index is 2.05. The van der Waals surface area contributed by atoms with Crippen molar-refractivity contribution < 1.29 is 41.5 Å². The molecule has 0 radical (unpaired) electrons. The number of aliphatic hydroxyl groups is 2. The van der Waals surface area contributed by atoms with E-state index in [0.29, 0.717) is 0 Å². The van der Waals surface area contributed by atoms with E-state index >= 15 is 0 Å². The SMILES string of the molecule is NC(=O)OC[C@@H]1NC(N)=[N+]2C[C@H](OS(=O)(=O)[O-])C(O)(O)[C@@]23NC(N)=N[C@@H]13. The Bertz CT molecular complexity index is 810. The molecule has 0 unspecified atom stereocenters. The van der Waals surface area contributed by atoms with E-state index in [2.05, 4.69) is 19.8 Å². The van der Waals surface area contributed by atoms with E-state index in [-0.39, 0.29) is 18.5 Å². The van der Waals surface area contributed by atoms with Crippen LogP contribution in [0.1, 0.15) is 0 Å². The molecule has 0 aromatic carbocycles. The van der Waals surface area contributed by atoms with Gasteiger partial charge >= 0.3 is 12.1 Å². The fourth-order valence-corrected chi connectivity index (χ4v) is 4.00. The summed E-state index contributed by atoms with van der Waals surface area (Å²) in [4.78, 5) is 14.9. The van der Waals surface area contributed by atoms with Crippen molar-refractivity contribution in [3.05, 3.63) is 0 Å². The lowest BCUT2D eigenvalue weighted by molar-refractivity contribution is -0.623. The summed E-state index contributed by atoms with van der Waals surface area (Å²) in [6, 6.07) is -2.04. The van der Waals surface area contributed by atoms with Gasteiger partial charge in [-0.15, -0.1) is 0 Å². The van der Waals surface area contributed by atoms with Gasteiger partial charge in [0.05, 0.1) is 0 Å². The Labute approximate surface area is 146 Å². The molecule has 0 saturated carbocycles. The molecule has 16 heteroatoms. The lowest BCUT2D eigenvalue weighted by Crippen LogP contribution is -2.78. The van der Waals surface area contributed by atoms with E-state index in [9.17, 15) is 28.0 Å². The van der Waals surface area contributed by atoms with E-state index in [1.54, 1.807) is 0 Å². The standard InChI is InChI=1S/C10H17N7O8S/c11-6-15-5-3(2-24-8(13)18)14-7(12)17-1-4(25-26(21,22)23)10(19,20)9(5,17)16-6/h3-5,19-20H,1-2H2,(H8,11,12,13,14,15,16,18,21,22,23)/t3-,4-,5-,9-/m0/s1. The summed E-state index contributed by atoms with van der Waals surface area (Å²) in [6.07, 6.45) is -2.99. The molecular formula is C10H17N7O8S. The zero-order valence-electron chi connectivity index (χ0n) is 13.0. The second-order valence-electron chi connectivity index (χ2n) is 5.95. The first-order valence-electron chi connectivity index (χ1n) is 7.17. The van der Waals surface area contributed by atoms with E-state index in [0.717, 1.165) is 4.58 Å². The fourth-order valence-electron chi connectivity index (χ4n) is 3.52. The third kappa shape index (κ3) is 2.58. The van der Waals surface area contributed by atoms with Crippen molar-refractivity contribution >= 4 is 28.4 Å². The number of guanidine groups is 2. The summed E-state index contributed by atoms with van der Waals surface area (Å²) in [6.45, 7) is -0.862. The number of nitrogens with one attached hydrogen (secondary N) is 2. The minimum absolute atomic E-state index is 0.154. The third-order valence-electron chi connectivity index (χ3n) is 4.45. The van der Waals surface area contributed by atoms with E-state index in [1.807, 2.05) is 0 Å². The number of nitrogens with zero attached hydrogens (tertiary/aromatic N) is 2. The van der Waals surface area contributed by atoms with Crippen LogP contribution in [0.5, 0.6) is 0 Å². The van der Waals surface area contributed by atoms with Crippen LogP contribution in [0.2, 0.25) is 0 Å². The first-order chi connectivity index (χ1) is 11.9.